The predicted octanol–water partition coefficient (Wildman–Crippen LogP) is 4.52. The minimum absolute atomic E-state index is 0.211. The number of fused-ring (bicyclic) bond motifs is 5. The first-order valence-electron chi connectivity index (χ1n) is 10.6. The fourth-order valence-corrected chi connectivity index (χ4v) is 7.19. The van der Waals surface area contributed by atoms with E-state index in [0.717, 1.165) is 30.6 Å². The Labute approximate surface area is 152 Å². The van der Waals surface area contributed by atoms with Crippen LogP contribution in [0.25, 0.3) is 0 Å². The second kappa shape index (κ2) is 5.34. The third-order valence-corrected chi connectivity index (χ3v) is 8.81. The van der Waals surface area contributed by atoms with E-state index >= 15 is 0 Å². The number of ether oxygens (including phenoxy) is 1. The summed E-state index contributed by atoms with van der Waals surface area (Å²) in [6.07, 6.45) is 14.3. The molecule has 0 aromatic rings. The van der Waals surface area contributed by atoms with Crippen LogP contribution < -0.4 is 0 Å². The molecule has 1 aliphatic heterocycles. The van der Waals surface area contributed by atoms with E-state index in [-0.39, 0.29) is 5.41 Å². The average molecular weight is 344 g/mol. The monoisotopic (exact) mass is 343 g/mol. The summed E-state index contributed by atoms with van der Waals surface area (Å²) in [6.45, 7) is 4.99. The first-order chi connectivity index (χ1) is 11.9. The number of likely N-dealkylation sites (tertiary alicyclic amines) is 1. The van der Waals surface area contributed by atoms with Crippen molar-refractivity contribution in [3.05, 3.63) is 11.8 Å². The molecule has 4 aliphatic carbocycles. The van der Waals surface area contributed by atoms with Crippen LogP contribution in [0.4, 0.5) is 0 Å². The van der Waals surface area contributed by atoms with E-state index in [4.69, 9.17) is 4.74 Å². The fourth-order valence-electron chi connectivity index (χ4n) is 7.19. The summed E-state index contributed by atoms with van der Waals surface area (Å²) >= 11 is 0. The maximum Gasteiger partial charge on any atom is 0.226 e. The van der Waals surface area contributed by atoms with Gasteiger partial charge in [0.25, 0.3) is 0 Å². The summed E-state index contributed by atoms with van der Waals surface area (Å²) in [5.41, 5.74) is 1.93. The van der Waals surface area contributed by atoms with Crippen LogP contribution in [0, 0.1) is 28.6 Å². The molecule has 3 nitrogen and oxygen atoms in total. The summed E-state index contributed by atoms with van der Waals surface area (Å²) in [5.74, 6) is 2.66. The van der Waals surface area contributed by atoms with Crippen molar-refractivity contribution in [2.45, 2.75) is 83.8 Å². The highest BCUT2D eigenvalue weighted by Gasteiger charge is 2.60. The van der Waals surface area contributed by atoms with Crippen LogP contribution in [-0.2, 0) is 9.53 Å². The number of amides is 1. The third-order valence-electron chi connectivity index (χ3n) is 8.81. The number of rotatable bonds is 2. The van der Waals surface area contributed by atoms with Gasteiger partial charge in [-0.1, -0.05) is 19.9 Å². The number of piperidine rings is 1. The highest BCUT2D eigenvalue weighted by Crippen LogP contribution is 2.65. The maximum absolute atomic E-state index is 12.2. The van der Waals surface area contributed by atoms with Crippen LogP contribution in [-0.4, -0.2) is 30.1 Å². The predicted molar refractivity (Wildman–Crippen MR) is 97.8 cm³/mol. The zero-order valence-electron chi connectivity index (χ0n) is 16.1. The second-order valence-electron chi connectivity index (χ2n) is 10.0. The molecule has 0 radical (unpaired) electrons. The molecule has 3 heteroatoms. The van der Waals surface area contributed by atoms with Crippen molar-refractivity contribution < 1.29 is 9.53 Å². The normalized spacial score (nSPS) is 49.3. The first kappa shape index (κ1) is 16.4. The molecule has 0 unspecified atom stereocenters. The van der Waals surface area contributed by atoms with Crippen molar-refractivity contribution in [2.75, 3.05) is 7.05 Å². The van der Waals surface area contributed by atoms with Crippen LogP contribution in [0.5, 0.6) is 0 Å². The lowest BCUT2D eigenvalue weighted by Crippen LogP contribution is -2.54. The Morgan fingerprint density at radius 2 is 1.88 bits per heavy atom. The van der Waals surface area contributed by atoms with E-state index in [1.807, 2.05) is 11.9 Å². The van der Waals surface area contributed by atoms with Crippen molar-refractivity contribution >= 4 is 5.91 Å². The Morgan fingerprint density at radius 1 is 1.08 bits per heavy atom. The number of hydrogen-bond acceptors (Lipinski definition) is 2. The highest BCUT2D eigenvalue weighted by atomic mass is 16.5. The first-order valence-corrected chi connectivity index (χ1v) is 10.6. The molecule has 4 fully saturated rings. The van der Waals surface area contributed by atoms with E-state index in [9.17, 15) is 4.79 Å². The van der Waals surface area contributed by atoms with Crippen LogP contribution in [0.15, 0.2) is 11.8 Å². The minimum Gasteiger partial charge on any atom is -0.374 e. The third kappa shape index (κ3) is 2.23. The lowest BCUT2D eigenvalue weighted by atomic mass is 9.49. The number of allylic oxidation sites excluding steroid dienone is 2. The van der Waals surface area contributed by atoms with Gasteiger partial charge in [-0.25, -0.2) is 0 Å². The minimum atomic E-state index is 0.211. The van der Waals surface area contributed by atoms with Gasteiger partial charge in [-0.2, -0.15) is 0 Å². The van der Waals surface area contributed by atoms with Gasteiger partial charge in [-0.15, -0.1) is 0 Å². The average Bonchev–Trinajstić information content (AvgIpc) is 3.34. The van der Waals surface area contributed by atoms with E-state index in [2.05, 4.69) is 19.9 Å². The Kier molecular flexibility index (Phi) is 3.49. The number of carbonyl (C=O) groups excluding carboxylic acids is 1. The smallest absolute Gasteiger partial charge is 0.226 e. The summed E-state index contributed by atoms with van der Waals surface area (Å²) in [7, 11) is 1.99. The zero-order chi connectivity index (χ0) is 17.4. The number of nitrogens with zero attached hydrogens (tertiary/aromatic N) is 1. The lowest BCUT2D eigenvalue weighted by Gasteiger charge is -2.58. The van der Waals surface area contributed by atoms with Crippen molar-refractivity contribution in [3.8, 4) is 0 Å². The summed E-state index contributed by atoms with van der Waals surface area (Å²) in [5, 5.41) is 0. The zero-order valence-corrected chi connectivity index (χ0v) is 16.1. The van der Waals surface area contributed by atoms with Crippen LogP contribution >= 0.6 is 0 Å². The van der Waals surface area contributed by atoms with Gasteiger partial charge >= 0.3 is 0 Å². The van der Waals surface area contributed by atoms with Crippen LogP contribution in [0.1, 0.15) is 71.6 Å². The van der Waals surface area contributed by atoms with Crippen molar-refractivity contribution in [1.29, 1.82) is 0 Å². The molecule has 138 valence electrons. The molecule has 5 rings (SSSR count). The fraction of sp³-hybridized carbons (Fsp3) is 0.864. The van der Waals surface area contributed by atoms with E-state index in [0.29, 0.717) is 23.5 Å². The molecular formula is C22H33NO2. The van der Waals surface area contributed by atoms with E-state index in [1.165, 1.54) is 50.6 Å². The molecule has 0 aromatic carbocycles. The van der Waals surface area contributed by atoms with Gasteiger partial charge in [0.15, 0.2) is 0 Å². The van der Waals surface area contributed by atoms with Gasteiger partial charge in [-0.3, -0.25) is 4.79 Å². The molecule has 0 spiro atoms. The SMILES string of the molecule is CN1C(=O)CC[C@@]2(C)C1=CC[C@H]1[C@@H]3CC[C@H](OC4CC4)[C@@]3(C)CC[C@@H]12. The molecule has 1 amide bonds. The Morgan fingerprint density at radius 3 is 2.64 bits per heavy atom. The van der Waals surface area contributed by atoms with Gasteiger partial charge < -0.3 is 9.64 Å². The van der Waals surface area contributed by atoms with Gasteiger partial charge in [0, 0.05) is 24.6 Å². The number of hydrogen-bond donors (Lipinski definition) is 0. The standard InChI is InChI=1S/C22H33NO2/c1-21-13-11-20(24)23(3)18(21)8-6-15-16-7-9-19(25-14-4-5-14)22(16,2)12-10-17(15)21/h8,14-17,19H,4-7,9-13H2,1-3H3/t15-,16-,17-,19-,21+,22-/m0/s1. The van der Waals surface area contributed by atoms with Crippen LogP contribution in [0.3, 0.4) is 0 Å². The quantitative estimate of drug-likeness (QED) is 0.737. The molecule has 1 saturated heterocycles. The highest BCUT2D eigenvalue weighted by molar-refractivity contribution is 5.79. The van der Waals surface area contributed by atoms with Crippen molar-refractivity contribution in [3.63, 3.8) is 0 Å². The van der Waals surface area contributed by atoms with Gasteiger partial charge in [0.1, 0.15) is 0 Å². The van der Waals surface area contributed by atoms with Crippen molar-refractivity contribution in [1.82, 2.24) is 4.90 Å². The molecule has 0 bridgehead atoms. The summed E-state index contributed by atoms with van der Waals surface area (Å²) < 4.78 is 6.47. The number of carbonyl (C=O) groups is 1. The summed E-state index contributed by atoms with van der Waals surface area (Å²) in [4.78, 5) is 14.2. The molecule has 0 aromatic heterocycles. The lowest BCUT2D eigenvalue weighted by molar-refractivity contribution is -0.137. The van der Waals surface area contributed by atoms with Gasteiger partial charge in [-0.05, 0) is 74.5 Å². The van der Waals surface area contributed by atoms with Crippen molar-refractivity contribution in [2.24, 2.45) is 28.6 Å². The largest absolute Gasteiger partial charge is 0.374 e. The van der Waals surface area contributed by atoms with E-state index in [1.54, 1.807) is 0 Å². The Balaban J connectivity index is 1.44. The van der Waals surface area contributed by atoms with E-state index < -0.39 is 0 Å². The Hall–Kier alpha value is -0.830. The second-order valence-corrected chi connectivity index (χ2v) is 10.0. The van der Waals surface area contributed by atoms with Gasteiger partial charge in [0.05, 0.1) is 12.2 Å². The molecular weight excluding hydrogens is 310 g/mol. The molecule has 6 atom stereocenters. The molecule has 1 heterocycles. The maximum atomic E-state index is 12.2. The molecule has 25 heavy (non-hydrogen) atoms. The summed E-state index contributed by atoms with van der Waals surface area (Å²) in [6, 6.07) is 0. The topological polar surface area (TPSA) is 29.5 Å². The molecule has 3 saturated carbocycles. The van der Waals surface area contributed by atoms with Crippen LogP contribution in [0.2, 0.25) is 0 Å². The Bertz CT molecular complexity index is 624. The molecule has 5 aliphatic rings. The van der Waals surface area contributed by atoms with Gasteiger partial charge in [0.2, 0.25) is 5.91 Å². The molecule has 0 N–H and O–H groups in total.